The van der Waals surface area contributed by atoms with Gasteiger partial charge in [-0.2, -0.15) is 0 Å². The Balaban J connectivity index is 1.60. The third kappa shape index (κ3) is 12.5. The number of aryl methyl sites for hydroxylation is 1. The molecule has 0 fully saturated rings. The Morgan fingerprint density at radius 1 is 0.914 bits per heavy atom. The quantitative estimate of drug-likeness (QED) is 0.209. The molecule has 1 N–H and O–H groups in total. The van der Waals surface area contributed by atoms with Gasteiger partial charge in [0.1, 0.15) is 12.8 Å². The van der Waals surface area contributed by atoms with Crippen LogP contribution in [0.5, 0.6) is 17.2 Å². The number of rotatable bonds is 19. The molecule has 0 radical (unpaired) electrons. The van der Waals surface area contributed by atoms with Gasteiger partial charge in [-0.05, 0) is 31.0 Å². The van der Waals surface area contributed by atoms with Gasteiger partial charge < -0.3 is 19.5 Å². The minimum absolute atomic E-state index is 0.0578. The average molecular weight is 486 g/mol. The minimum Gasteiger partial charge on any atom is -0.493 e. The molecule has 0 saturated carbocycles. The maximum atomic E-state index is 12.2. The first-order chi connectivity index (χ1) is 17.1. The fourth-order valence-electron chi connectivity index (χ4n) is 3.97. The fourth-order valence-corrected chi connectivity index (χ4v) is 3.97. The number of pyridine rings is 1. The van der Waals surface area contributed by atoms with Crippen LogP contribution in [-0.2, 0) is 18.3 Å². The second kappa shape index (κ2) is 17.6. The first-order valence-electron chi connectivity index (χ1n) is 13.3. The number of methoxy groups -OCH3 is 1. The van der Waals surface area contributed by atoms with Gasteiger partial charge >= 0.3 is 0 Å². The van der Waals surface area contributed by atoms with Crippen LogP contribution in [0, 0.1) is 0 Å². The fraction of sp³-hybridized carbons (Fsp3) is 0.586. The third-order valence-electron chi connectivity index (χ3n) is 6.00. The van der Waals surface area contributed by atoms with Gasteiger partial charge in [0.05, 0.1) is 13.7 Å². The maximum Gasteiger partial charge on any atom is 0.257 e. The first-order valence-corrected chi connectivity index (χ1v) is 13.3. The topological polar surface area (TPSA) is 60.7 Å². The molecule has 0 aliphatic carbocycles. The van der Waals surface area contributed by atoms with Crippen LogP contribution < -0.4 is 24.1 Å². The van der Waals surface area contributed by atoms with Crippen molar-refractivity contribution in [3.63, 3.8) is 0 Å². The molecular weight excluding hydrogens is 440 g/mol. The Labute approximate surface area is 212 Å². The Morgan fingerprint density at radius 3 is 2.31 bits per heavy atom. The SMILES string of the molecule is CCCCCCCCCCCCOc1ccc(OCC(=O)NCCc2ccc[n+](C)c2)c(OC)c1. The van der Waals surface area contributed by atoms with Gasteiger partial charge in [0, 0.05) is 24.2 Å². The highest BCUT2D eigenvalue weighted by Crippen LogP contribution is 2.31. The molecule has 6 nitrogen and oxygen atoms in total. The molecule has 0 bridgehead atoms. The van der Waals surface area contributed by atoms with Crippen molar-refractivity contribution in [2.24, 2.45) is 7.05 Å². The monoisotopic (exact) mass is 485 g/mol. The molecule has 35 heavy (non-hydrogen) atoms. The molecule has 2 aromatic rings. The molecule has 0 saturated heterocycles. The van der Waals surface area contributed by atoms with E-state index in [1.54, 1.807) is 13.2 Å². The van der Waals surface area contributed by atoms with E-state index in [9.17, 15) is 4.79 Å². The third-order valence-corrected chi connectivity index (χ3v) is 6.00. The van der Waals surface area contributed by atoms with Crippen LogP contribution in [0.3, 0.4) is 0 Å². The van der Waals surface area contributed by atoms with Crippen LogP contribution >= 0.6 is 0 Å². The molecule has 0 spiro atoms. The summed E-state index contributed by atoms with van der Waals surface area (Å²) in [5.74, 6) is 1.69. The summed E-state index contributed by atoms with van der Waals surface area (Å²) in [4.78, 5) is 12.2. The van der Waals surface area contributed by atoms with Crippen molar-refractivity contribution in [3.8, 4) is 17.2 Å². The molecule has 0 aliphatic heterocycles. The minimum atomic E-state index is -0.159. The Bertz CT molecular complexity index is 856. The van der Waals surface area contributed by atoms with Crippen LogP contribution in [0.4, 0.5) is 0 Å². The van der Waals surface area contributed by atoms with Crippen molar-refractivity contribution in [3.05, 3.63) is 48.3 Å². The zero-order valence-electron chi connectivity index (χ0n) is 22.0. The van der Waals surface area contributed by atoms with E-state index in [0.29, 0.717) is 24.7 Å². The van der Waals surface area contributed by atoms with Gasteiger partial charge in [-0.3, -0.25) is 4.79 Å². The van der Waals surface area contributed by atoms with E-state index in [2.05, 4.69) is 12.2 Å². The van der Waals surface area contributed by atoms with Crippen LogP contribution in [0.15, 0.2) is 42.7 Å². The number of hydrogen-bond acceptors (Lipinski definition) is 4. The highest BCUT2D eigenvalue weighted by molar-refractivity contribution is 5.77. The van der Waals surface area contributed by atoms with Crippen LogP contribution in [-0.4, -0.2) is 32.8 Å². The average Bonchev–Trinajstić information content (AvgIpc) is 2.86. The van der Waals surface area contributed by atoms with Crippen LogP contribution in [0.1, 0.15) is 76.7 Å². The van der Waals surface area contributed by atoms with Crippen molar-refractivity contribution in [1.29, 1.82) is 0 Å². The summed E-state index contributed by atoms with van der Waals surface area (Å²) in [5.41, 5.74) is 1.17. The normalized spacial score (nSPS) is 10.7. The summed E-state index contributed by atoms with van der Waals surface area (Å²) in [6.45, 7) is 3.46. The zero-order chi connectivity index (χ0) is 25.1. The number of benzene rings is 1. The van der Waals surface area contributed by atoms with E-state index in [1.807, 2.05) is 48.3 Å². The number of unbranched alkanes of at least 4 members (excludes halogenated alkanes) is 9. The van der Waals surface area contributed by atoms with Gasteiger partial charge in [0.15, 0.2) is 30.5 Å². The molecule has 6 heteroatoms. The smallest absolute Gasteiger partial charge is 0.257 e. The maximum absolute atomic E-state index is 12.2. The molecule has 0 atom stereocenters. The molecule has 194 valence electrons. The molecule has 2 rings (SSSR count). The van der Waals surface area contributed by atoms with Crippen molar-refractivity contribution >= 4 is 5.91 Å². The lowest BCUT2D eigenvalue weighted by Gasteiger charge is -2.13. The van der Waals surface area contributed by atoms with E-state index in [1.165, 1.54) is 63.4 Å². The van der Waals surface area contributed by atoms with Crippen LogP contribution in [0.2, 0.25) is 0 Å². The lowest BCUT2D eigenvalue weighted by molar-refractivity contribution is -0.671. The number of aromatic nitrogens is 1. The number of carbonyl (C=O) groups excluding carboxylic acids is 1. The number of ether oxygens (including phenoxy) is 3. The second-order valence-electron chi connectivity index (χ2n) is 9.11. The second-order valence-corrected chi connectivity index (χ2v) is 9.11. The van der Waals surface area contributed by atoms with Gasteiger partial charge in [0.25, 0.3) is 5.91 Å². The molecule has 0 unspecified atom stereocenters. The van der Waals surface area contributed by atoms with E-state index in [4.69, 9.17) is 14.2 Å². The highest BCUT2D eigenvalue weighted by Gasteiger charge is 2.10. The van der Waals surface area contributed by atoms with Gasteiger partial charge in [-0.1, -0.05) is 64.7 Å². The Morgan fingerprint density at radius 2 is 1.63 bits per heavy atom. The summed E-state index contributed by atoms with van der Waals surface area (Å²) in [5, 5.41) is 2.89. The van der Waals surface area contributed by atoms with Crippen molar-refractivity contribution < 1.29 is 23.6 Å². The van der Waals surface area contributed by atoms with E-state index < -0.39 is 0 Å². The zero-order valence-corrected chi connectivity index (χ0v) is 22.0. The molecular formula is C29H45N2O4+. The number of hydrogen-bond donors (Lipinski definition) is 1. The highest BCUT2D eigenvalue weighted by atomic mass is 16.5. The standard InChI is InChI=1S/C29H44N2O4/c1-4-5-6-7-8-9-10-11-12-13-21-34-26-16-17-27(28(22-26)33-3)35-24-29(32)30-19-18-25-15-14-20-31(2)23-25/h14-17,20,22-23H,4-13,18-19,21,24H2,1-3H3/p+1. The number of nitrogens with zero attached hydrogens (tertiary/aromatic N) is 1. The van der Waals surface area contributed by atoms with E-state index in [-0.39, 0.29) is 12.5 Å². The summed E-state index contributed by atoms with van der Waals surface area (Å²) >= 11 is 0. The van der Waals surface area contributed by atoms with E-state index >= 15 is 0 Å². The Kier molecular flexibility index (Phi) is 14.4. The summed E-state index contributed by atoms with van der Waals surface area (Å²) in [6, 6.07) is 9.52. The number of carbonyl (C=O) groups is 1. The molecule has 1 amide bonds. The van der Waals surface area contributed by atoms with E-state index in [0.717, 1.165) is 18.6 Å². The largest absolute Gasteiger partial charge is 0.493 e. The predicted molar refractivity (Wildman–Crippen MR) is 140 cm³/mol. The number of nitrogens with one attached hydrogen (secondary N) is 1. The molecule has 1 aromatic heterocycles. The lowest BCUT2D eigenvalue weighted by Crippen LogP contribution is -2.31. The van der Waals surface area contributed by atoms with Crippen LogP contribution in [0.25, 0.3) is 0 Å². The first kappa shape index (κ1) is 28.5. The summed E-state index contributed by atoms with van der Waals surface area (Å²) < 4.78 is 19.0. The number of amides is 1. The van der Waals surface area contributed by atoms with Crippen molar-refractivity contribution in [1.82, 2.24) is 5.32 Å². The van der Waals surface area contributed by atoms with Gasteiger partial charge in [-0.25, -0.2) is 4.57 Å². The summed E-state index contributed by atoms with van der Waals surface area (Å²) in [6.07, 6.45) is 17.8. The molecule has 1 heterocycles. The van der Waals surface area contributed by atoms with Gasteiger partial charge in [0.2, 0.25) is 0 Å². The molecule has 1 aromatic carbocycles. The lowest BCUT2D eigenvalue weighted by atomic mass is 10.1. The van der Waals surface area contributed by atoms with Gasteiger partial charge in [-0.15, -0.1) is 0 Å². The van der Waals surface area contributed by atoms with Crippen molar-refractivity contribution in [2.45, 2.75) is 77.6 Å². The van der Waals surface area contributed by atoms with Crippen molar-refractivity contribution in [2.75, 3.05) is 26.9 Å². The predicted octanol–water partition coefficient (Wildman–Crippen LogP) is 5.56. The Hall–Kier alpha value is -2.76. The molecule has 0 aliphatic rings. The summed E-state index contributed by atoms with van der Waals surface area (Å²) in [7, 11) is 3.58.